The van der Waals surface area contributed by atoms with E-state index in [-0.39, 0.29) is 18.0 Å². The number of hydrazine groups is 1. The molecule has 0 amide bonds. The van der Waals surface area contributed by atoms with E-state index in [0.717, 1.165) is 5.01 Å². The molecule has 1 N–H and O–H groups in total. The predicted octanol–water partition coefficient (Wildman–Crippen LogP) is 1.80. The number of phenols is 1. The molecule has 0 aromatic heterocycles. The summed E-state index contributed by atoms with van der Waals surface area (Å²) in [6, 6.07) is 6.24. The Bertz CT molecular complexity index is 328. The summed E-state index contributed by atoms with van der Waals surface area (Å²) in [6.07, 6.45) is 0.648. The van der Waals surface area contributed by atoms with Gasteiger partial charge < -0.3 is 5.11 Å². The summed E-state index contributed by atoms with van der Waals surface area (Å²) in [4.78, 5) is 10.7. The van der Waals surface area contributed by atoms with Gasteiger partial charge in [0.25, 0.3) is 0 Å². The van der Waals surface area contributed by atoms with E-state index in [1.165, 1.54) is 12.1 Å². The molecule has 1 aromatic rings. The summed E-state index contributed by atoms with van der Waals surface area (Å²) in [6.45, 7) is 2.13. The van der Waals surface area contributed by atoms with Crippen molar-refractivity contribution >= 4 is 5.69 Å². The fourth-order valence-electron chi connectivity index (χ4n) is 1.18. The maximum atomic E-state index is 10.7. The Hall–Kier alpha value is -1.78. The van der Waals surface area contributed by atoms with E-state index in [4.69, 9.17) is 0 Å². The van der Waals surface area contributed by atoms with Crippen LogP contribution in [0, 0.1) is 10.1 Å². The zero-order valence-corrected chi connectivity index (χ0v) is 7.88. The van der Waals surface area contributed by atoms with Crippen LogP contribution in [-0.4, -0.2) is 16.7 Å². The molecule has 1 aromatic carbocycles. The number of nitrogens with zero attached hydrogens (tertiary/aromatic N) is 2. The second kappa shape index (κ2) is 4.45. The summed E-state index contributed by atoms with van der Waals surface area (Å²) in [5.74, 6) is -0.0716. The molecule has 0 saturated carbocycles. The fourth-order valence-corrected chi connectivity index (χ4v) is 1.18. The van der Waals surface area contributed by atoms with Gasteiger partial charge in [0.05, 0.1) is 6.54 Å². The first-order valence-electron chi connectivity index (χ1n) is 4.36. The van der Waals surface area contributed by atoms with Crippen LogP contribution in [0.15, 0.2) is 24.3 Å². The van der Waals surface area contributed by atoms with Crippen molar-refractivity contribution in [2.75, 3.05) is 11.6 Å². The number of phenolic OH excluding ortho intramolecular Hbond substituents is 1. The van der Waals surface area contributed by atoms with Crippen molar-refractivity contribution in [2.45, 2.75) is 13.3 Å². The number of rotatable bonds is 4. The molecule has 76 valence electrons. The molecule has 0 saturated heterocycles. The van der Waals surface area contributed by atoms with E-state index in [0.29, 0.717) is 6.42 Å². The average molecular weight is 196 g/mol. The van der Waals surface area contributed by atoms with Gasteiger partial charge in [-0.05, 0) is 18.6 Å². The first-order valence-corrected chi connectivity index (χ1v) is 4.36. The van der Waals surface area contributed by atoms with Gasteiger partial charge in [-0.2, -0.15) is 0 Å². The highest BCUT2D eigenvalue weighted by atomic mass is 16.7. The quantitative estimate of drug-likeness (QED) is 0.589. The number of anilines is 1. The lowest BCUT2D eigenvalue weighted by atomic mass is 10.3. The molecule has 0 aliphatic heterocycles. The van der Waals surface area contributed by atoms with Gasteiger partial charge in [0.1, 0.15) is 11.4 Å². The van der Waals surface area contributed by atoms with Gasteiger partial charge in [-0.1, -0.05) is 24.1 Å². The van der Waals surface area contributed by atoms with E-state index >= 15 is 0 Å². The molecule has 0 aliphatic rings. The Balaban J connectivity index is 2.99. The zero-order chi connectivity index (χ0) is 10.6. The minimum Gasteiger partial charge on any atom is -0.506 e. The number of hydrogen-bond acceptors (Lipinski definition) is 3. The maximum Gasteiger partial charge on any atom is 0.165 e. The third-order valence-corrected chi connectivity index (χ3v) is 1.79. The van der Waals surface area contributed by atoms with E-state index in [2.05, 4.69) is 0 Å². The van der Waals surface area contributed by atoms with E-state index in [1.807, 2.05) is 6.92 Å². The summed E-state index contributed by atoms with van der Waals surface area (Å²) in [7, 11) is 0. The van der Waals surface area contributed by atoms with Gasteiger partial charge in [-0.3, -0.25) is 0 Å². The zero-order valence-electron chi connectivity index (χ0n) is 7.88. The van der Waals surface area contributed by atoms with Gasteiger partial charge in [-0.15, -0.1) is 0 Å². The van der Waals surface area contributed by atoms with Crippen LogP contribution < -0.4 is 5.01 Å². The summed E-state index contributed by atoms with van der Waals surface area (Å²) >= 11 is 0. The van der Waals surface area contributed by atoms with Crippen LogP contribution in [-0.2, 0) is 0 Å². The van der Waals surface area contributed by atoms with Crippen LogP contribution in [0.2, 0.25) is 0 Å². The number of para-hydroxylation sites is 2. The minimum atomic E-state index is -0.515. The molecule has 14 heavy (non-hydrogen) atoms. The first-order chi connectivity index (χ1) is 6.66. The molecule has 5 nitrogen and oxygen atoms in total. The number of benzene rings is 1. The Morgan fingerprint density at radius 2 is 2.14 bits per heavy atom. The average Bonchev–Trinajstić information content (AvgIpc) is 2.15. The first kappa shape index (κ1) is 10.3. The fraction of sp³-hybridized carbons (Fsp3) is 0.333. The topological polar surface area (TPSA) is 66.6 Å². The molecule has 0 fully saturated rings. The maximum absolute atomic E-state index is 10.7. The van der Waals surface area contributed by atoms with Gasteiger partial charge in [0.15, 0.2) is 5.03 Å². The van der Waals surface area contributed by atoms with Crippen molar-refractivity contribution in [3.05, 3.63) is 34.4 Å². The highest BCUT2D eigenvalue weighted by Crippen LogP contribution is 2.26. The normalized spacial score (nSPS) is 9.79. The van der Waals surface area contributed by atoms with E-state index in [1.54, 1.807) is 12.1 Å². The van der Waals surface area contributed by atoms with Gasteiger partial charge in [-0.25, -0.2) is 10.1 Å². The second-order valence-electron chi connectivity index (χ2n) is 2.85. The van der Waals surface area contributed by atoms with Gasteiger partial charge >= 0.3 is 0 Å². The van der Waals surface area contributed by atoms with Crippen molar-refractivity contribution < 1.29 is 10.1 Å². The standard InChI is InChI=1S/C9H12N2O3/c1-2-7-10(11(13)14)8-5-3-4-6-9(8)12/h3-6,12H,2,7H2,1H3. The molecule has 0 heterocycles. The molecule has 5 heteroatoms. The Kier molecular flexibility index (Phi) is 3.28. The lowest BCUT2D eigenvalue weighted by Crippen LogP contribution is -2.30. The predicted molar refractivity (Wildman–Crippen MR) is 52.7 cm³/mol. The monoisotopic (exact) mass is 196 g/mol. The number of aromatic hydroxyl groups is 1. The summed E-state index contributed by atoms with van der Waals surface area (Å²) in [5, 5.41) is 20.5. The van der Waals surface area contributed by atoms with Crippen LogP contribution in [0.25, 0.3) is 0 Å². The molecule has 0 bridgehead atoms. The lowest BCUT2D eigenvalue weighted by Gasteiger charge is -2.13. The molecule has 1 rings (SSSR count). The van der Waals surface area contributed by atoms with Crippen molar-refractivity contribution in [1.29, 1.82) is 0 Å². The van der Waals surface area contributed by atoms with Crippen LogP contribution in [0.4, 0.5) is 5.69 Å². The highest BCUT2D eigenvalue weighted by molar-refractivity contribution is 5.55. The van der Waals surface area contributed by atoms with Crippen LogP contribution in [0.1, 0.15) is 13.3 Å². The molecular weight excluding hydrogens is 184 g/mol. The third kappa shape index (κ3) is 2.12. The van der Waals surface area contributed by atoms with Crippen LogP contribution in [0.5, 0.6) is 5.75 Å². The van der Waals surface area contributed by atoms with Crippen LogP contribution >= 0.6 is 0 Å². The van der Waals surface area contributed by atoms with Gasteiger partial charge in [0, 0.05) is 0 Å². The molecule has 0 radical (unpaired) electrons. The third-order valence-electron chi connectivity index (χ3n) is 1.79. The van der Waals surface area contributed by atoms with Crippen molar-refractivity contribution in [3.8, 4) is 5.75 Å². The Morgan fingerprint density at radius 1 is 1.50 bits per heavy atom. The summed E-state index contributed by atoms with van der Waals surface area (Å²) in [5.41, 5.74) is 0.236. The SMILES string of the molecule is CCCN(c1ccccc1O)[N+](=O)[O-]. The molecule has 0 unspecified atom stereocenters. The Morgan fingerprint density at radius 3 is 2.64 bits per heavy atom. The highest BCUT2D eigenvalue weighted by Gasteiger charge is 2.18. The van der Waals surface area contributed by atoms with E-state index in [9.17, 15) is 15.2 Å². The smallest absolute Gasteiger partial charge is 0.165 e. The Labute approximate surface area is 81.7 Å². The van der Waals surface area contributed by atoms with Gasteiger partial charge in [0.2, 0.25) is 0 Å². The van der Waals surface area contributed by atoms with Crippen molar-refractivity contribution in [3.63, 3.8) is 0 Å². The lowest BCUT2D eigenvalue weighted by molar-refractivity contribution is -0.494. The van der Waals surface area contributed by atoms with E-state index < -0.39 is 5.03 Å². The number of nitro groups is 1. The summed E-state index contributed by atoms with van der Waals surface area (Å²) < 4.78 is 0. The largest absolute Gasteiger partial charge is 0.506 e. The molecular formula is C9H12N2O3. The molecule has 0 atom stereocenters. The van der Waals surface area contributed by atoms with Crippen molar-refractivity contribution in [1.82, 2.24) is 0 Å². The van der Waals surface area contributed by atoms with Crippen molar-refractivity contribution in [2.24, 2.45) is 0 Å². The second-order valence-corrected chi connectivity index (χ2v) is 2.85. The molecule has 0 aliphatic carbocycles. The minimum absolute atomic E-state index is 0.0716. The number of hydrogen-bond donors (Lipinski definition) is 1. The van der Waals surface area contributed by atoms with Crippen LogP contribution in [0.3, 0.4) is 0 Å². The molecule has 0 spiro atoms.